The lowest BCUT2D eigenvalue weighted by Gasteiger charge is -2.35. The molecule has 0 unspecified atom stereocenters. The van der Waals surface area contributed by atoms with Crippen molar-refractivity contribution in [2.24, 2.45) is 0 Å². The molecule has 2 aromatic heterocycles. The van der Waals surface area contributed by atoms with Crippen LogP contribution in [0, 0.1) is 0 Å². The molecular formula is C22H25Cl2N3OS. The molecule has 7 heteroatoms. The Bertz CT molecular complexity index is 1000. The lowest BCUT2D eigenvalue weighted by molar-refractivity contribution is 0.0841. The predicted molar refractivity (Wildman–Crippen MR) is 124 cm³/mol. The highest BCUT2D eigenvalue weighted by Crippen LogP contribution is 2.38. The van der Waals surface area contributed by atoms with Gasteiger partial charge in [-0.25, -0.2) is 4.98 Å². The third kappa shape index (κ3) is 4.11. The monoisotopic (exact) mass is 449 g/mol. The molecule has 1 saturated heterocycles. The summed E-state index contributed by atoms with van der Waals surface area (Å²) in [5.41, 5.74) is 2.88. The Kier molecular flexibility index (Phi) is 6.60. The Balaban J connectivity index is 1.88. The molecule has 0 saturated carbocycles. The zero-order valence-corrected chi connectivity index (χ0v) is 19.0. The molecule has 3 heterocycles. The second-order valence-corrected chi connectivity index (χ2v) is 8.86. The van der Waals surface area contributed by atoms with Crippen molar-refractivity contribution in [1.82, 2.24) is 9.38 Å². The molecule has 1 aromatic carbocycles. The van der Waals surface area contributed by atoms with Crippen molar-refractivity contribution in [2.45, 2.75) is 37.3 Å². The van der Waals surface area contributed by atoms with Gasteiger partial charge in [-0.15, -0.1) is 11.8 Å². The summed E-state index contributed by atoms with van der Waals surface area (Å²) in [6.07, 6.45) is 7.37. The van der Waals surface area contributed by atoms with Crippen LogP contribution in [0.4, 0.5) is 5.82 Å². The largest absolute Gasteiger partial charge is 0.381 e. The molecule has 0 amide bonds. The van der Waals surface area contributed by atoms with Gasteiger partial charge in [0.25, 0.3) is 0 Å². The normalized spacial score (nSPS) is 15.2. The van der Waals surface area contributed by atoms with Crippen LogP contribution in [0.15, 0.2) is 41.6 Å². The number of fused-ring (bicyclic) bond motifs is 1. The fourth-order valence-corrected chi connectivity index (χ4v) is 5.14. The molecule has 0 atom stereocenters. The van der Waals surface area contributed by atoms with Crippen molar-refractivity contribution < 1.29 is 4.74 Å². The van der Waals surface area contributed by atoms with E-state index in [1.807, 2.05) is 12.1 Å². The zero-order valence-electron chi connectivity index (χ0n) is 16.7. The van der Waals surface area contributed by atoms with Crippen LogP contribution >= 0.6 is 35.0 Å². The number of anilines is 1. The Morgan fingerprint density at radius 2 is 2.00 bits per heavy atom. The van der Waals surface area contributed by atoms with Crippen LogP contribution in [0.25, 0.3) is 16.8 Å². The van der Waals surface area contributed by atoms with E-state index >= 15 is 0 Å². The van der Waals surface area contributed by atoms with E-state index in [2.05, 4.69) is 40.8 Å². The summed E-state index contributed by atoms with van der Waals surface area (Å²) in [5.74, 6) is 1.17. The molecule has 0 N–H and O–H groups in total. The lowest BCUT2D eigenvalue weighted by atomic mass is 10.1. The van der Waals surface area contributed by atoms with E-state index in [0.717, 1.165) is 60.8 Å². The van der Waals surface area contributed by atoms with Crippen LogP contribution in [0.2, 0.25) is 10.0 Å². The minimum absolute atomic E-state index is 0.470. The molecule has 1 aliphatic heterocycles. The Hall–Kier alpha value is -1.40. The van der Waals surface area contributed by atoms with E-state index in [1.54, 1.807) is 17.8 Å². The lowest BCUT2D eigenvalue weighted by Crippen LogP contribution is -2.41. The summed E-state index contributed by atoms with van der Waals surface area (Å²) < 4.78 is 7.83. The van der Waals surface area contributed by atoms with Gasteiger partial charge in [0.05, 0.1) is 5.02 Å². The van der Waals surface area contributed by atoms with Gasteiger partial charge in [0.2, 0.25) is 0 Å². The highest BCUT2D eigenvalue weighted by Gasteiger charge is 2.27. The molecule has 4 nitrogen and oxygen atoms in total. The van der Waals surface area contributed by atoms with Crippen LogP contribution in [-0.2, 0) is 4.74 Å². The van der Waals surface area contributed by atoms with Crippen molar-refractivity contribution in [3.05, 3.63) is 46.6 Å². The van der Waals surface area contributed by atoms with Crippen LogP contribution in [0.1, 0.15) is 26.2 Å². The topological polar surface area (TPSA) is 29.8 Å². The molecule has 154 valence electrons. The molecule has 1 fully saturated rings. The van der Waals surface area contributed by atoms with Gasteiger partial charge < -0.3 is 9.64 Å². The van der Waals surface area contributed by atoms with Crippen LogP contribution in [0.3, 0.4) is 0 Å². The van der Waals surface area contributed by atoms with E-state index in [1.165, 1.54) is 5.82 Å². The van der Waals surface area contributed by atoms with Crippen LogP contribution in [0.5, 0.6) is 0 Å². The van der Waals surface area contributed by atoms with Crippen molar-refractivity contribution in [2.75, 3.05) is 30.9 Å². The van der Waals surface area contributed by atoms with E-state index in [9.17, 15) is 0 Å². The molecule has 0 radical (unpaired) electrons. The SMILES string of the molecule is CCCN(c1c(SC)nc2c(-c3ccc(Cl)cc3Cl)cccn12)C1CCOCC1. The average molecular weight is 450 g/mol. The number of aromatic nitrogens is 2. The predicted octanol–water partition coefficient (Wildman–Crippen LogP) is 6.43. The van der Waals surface area contributed by atoms with Gasteiger partial charge in [-0.05, 0) is 49.8 Å². The van der Waals surface area contributed by atoms with Gasteiger partial charge in [-0.1, -0.05) is 36.2 Å². The maximum Gasteiger partial charge on any atom is 0.147 e. The number of benzene rings is 1. The van der Waals surface area contributed by atoms with E-state index in [4.69, 9.17) is 32.9 Å². The van der Waals surface area contributed by atoms with Gasteiger partial charge in [0.15, 0.2) is 0 Å². The fraction of sp³-hybridized carbons (Fsp3) is 0.409. The van der Waals surface area contributed by atoms with Crippen molar-refractivity contribution >= 4 is 46.4 Å². The summed E-state index contributed by atoms with van der Waals surface area (Å²) in [7, 11) is 0. The molecule has 4 rings (SSSR count). The van der Waals surface area contributed by atoms with E-state index < -0.39 is 0 Å². The third-order valence-corrected chi connectivity index (χ3v) is 6.59. The fourth-order valence-electron chi connectivity index (χ4n) is 4.05. The highest BCUT2D eigenvalue weighted by atomic mass is 35.5. The van der Waals surface area contributed by atoms with Crippen molar-refractivity contribution in [3.8, 4) is 11.1 Å². The number of pyridine rings is 1. The Morgan fingerprint density at radius 1 is 1.21 bits per heavy atom. The number of ether oxygens (including phenoxy) is 1. The minimum Gasteiger partial charge on any atom is -0.381 e. The number of imidazole rings is 1. The van der Waals surface area contributed by atoms with Crippen LogP contribution in [-0.4, -0.2) is 41.4 Å². The van der Waals surface area contributed by atoms with Gasteiger partial charge in [-0.2, -0.15) is 0 Å². The average Bonchev–Trinajstić information content (AvgIpc) is 3.11. The zero-order chi connectivity index (χ0) is 20.4. The Morgan fingerprint density at radius 3 is 2.69 bits per heavy atom. The quantitative estimate of drug-likeness (QED) is 0.405. The standard InChI is InChI=1S/C22H25Cl2N3OS/c1-3-10-26(16-8-12-28-13-9-16)22-21(29-2)25-20-18(5-4-11-27(20)22)17-7-6-15(23)14-19(17)24/h4-7,11,14,16H,3,8-10,12-13H2,1-2H3. The Labute approximate surface area is 186 Å². The molecule has 0 bridgehead atoms. The van der Waals surface area contributed by atoms with Gasteiger partial charge in [0.1, 0.15) is 16.5 Å². The third-order valence-electron chi connectivity index (χ3n) is 5.38. The highest BCUT2D eigenvalue weighted by molar-refractivity contribution is 7.98. The van der Waals surface area contributed by atoms with E-state index in [-0.39, 0.29) is 0 Å². The maximum absolute atomic E-state index is 6.53. The number of nitrogens with zero attached hydrogens (tertiary/aromatic N) is 3. The summed E-state index contributed by atoms with van der Waals surface area (Å²) in [5, 5.41) is 2.31. The number of thioether (sulfide) groups is 1. The van der Waals surface area contributed by atoms with Gasteiger partial charge >= 0.3 is 0 Å². The van der Waals surface area contributed by atoms with Gasteiger partial charge in [-0.3, -0.25) is 4.40 Å². The molecule has 3 aromatic rings. The summed E-state index contributed by atoms with van der Waals surface area (Å²) in [6, 6.07) is 10.2. The second-order valence-electron chi connectivity index (χ2n) is 7.22. The molecule has 0 aliphatic carbocycles. The molecule has 1 aliphatic rings. The molecule has 0 spiro atoms. The number of halogens is 2. The van der Waals surface area contributed by atoms with Gasteiger partial charge in [0, 0.05) is 48.1 Å². The van der Waals surface area contributed by atoms with Crippen molar-refractivity contribution in [3.63, 3.8) is 0 Å². The van der Waals surface area contributed by atoms with Crippen molar-refractivity contribution in [1.29, 1.82) is 0 Å². The number of rotatable bonds is 6. The summed E-state index contributed by atoms with van der Waals surface area (Å²) in [6.45, 7) is 4.87. The smallest absolute Gasteiger partial charge is 0.147 e. The molecular weight excluding hydrogens is 425 g/mol. The molecule has 29 heavy (non-hydrogen) atoms. The second kappa shape index (κ2) is 9.17. The minimum atomic E-state index is 0.470. The summed E-state index contributed by atoms with van der Waals surface area (Å²) >= 11 is 14.3. The first-order chi connectivity index (χ1) is 14.1. The first-order valence-corrected chi connectivity index (χ1v) is 12.0. The van der Waals surface area contributed by atoms with Crippen LogP contribution < -0.4 is 4.90 Å². The van der Waals surface area contributed by atoms with E-state index in [0.29, 0.717) is 16.1 Å². The summed E-state index contributed by atoms with van der Waals surface area (Å²) in [4.78, 5) is 7.56. The maximum atomic E-state index is 6.53. The first kappa shape index (κ1) is 20.9. The first-order valence-electron chi connectivity index (χ1n) is 9.99. The number of hydrogen-bond acceptors (Lipinski definition) is 4. The number of hydrogen-bond donors (Lipinski definition) is 0.